The molecule has 0 saturated heterocycles. The average molecular weight is 362 g/mol. The number of rotatable bonds is 10. The summed E-state index contributed by atoms with van der Waals surface area (Å²) in [6.45, 7) is 4.09. The first-order valence-corrected chi connectivity index (χ1v) is 8.98. The normalized spacial score (nSPS) is 27.1. The second-order valence-corrected chi connectivity index (χ2v) is 8.19. The molecule has 2 aliphatic carbocycles. The molecule has 0 spiro atoms. The van der Waals surface area contributed by atoms with Crippen molar-refractivity contribution in [3.63, 3.8) is 0 Å². The van der Waals surface area contributed by atoms with Crippen molar-refractivity contribution in [1.82, 2.24) is 10.0 Å². The Morgan fingerprint density at radius 2 is 2.04 bits per heavy atom. The average Bonchev–Trinajstić information content (AvgIpc) is 3.38. The third-order valence-corrected chi connectivity index (χ3v) is 6.56. The Balaban J connectivity index is 2.02. The van der Waals surface area contributed by atoms with Gasteiger partial charge in [-0.1, -0.05) is 6.08 Å². The highest BCUT2D eigenvalue weighted by atomic mass is 32.2. The van der Waals surface area contributed by atoms with E-state index in [0.29, 0.717) is 19.4 Å². The highest BCUT2D eigenvalue weighted by molar-refractivity contribution is 7.91. The lowest BCUT2D eigenvalue weighted by Gasteiger charge is -2.21. The van der Waals surface area contributed by atoms with E-state index in [1.807, 2.05) is 4.72 Å². The molecule has 2 rings (SSSR count). The molecule has 2 saturated carbocycles. The van der Waals surface area contributed by atoms with Gasteiger partial charge in [-0.05, 0) is 19.3 Å². The number of amides is 2. The van der Waals surface area contributed by atoms with Crippen LogP contribution >= 0.6 is 0 Å². The Bertz CT molecular complexity index is 629. The molecule has 2 aliphatic rings. The molecule has 10 heteroatoms. The first-order valence-electron chi connectivity index (χ1n) is 7.50. The molecular formula is C14H22N2O7S. The zero-order valence-electron chi connectivity index (χ0n) is 13.4. The van der Waals surface area contributed by atoms with Crippen molar-refractivity contribution in [2.75, 3.05) is 26.9 Å². The van der Waals surface area contributed by atoms with Gasteiger partial charge in [0.2, 0.25) is 10.0 Å². The van der Waals surface area contributed by atoms with E-state index in [0.717, 1.165) is 0 Å². The molecular weight excluding hydrogens is 340 g/mol. The first kappa shape index (κ1) is 18.7. The summed E-state index contributed by atoms with van der Waals surface area (Å²) in [6.07, 6.45) is 0.986. The monoisotopic (exact) mass is 362 g/mol. The van der Waals surface area contributed by atoms with Gasteiger partial charge in [0.15, 0.2) is 0 Å². The minimum absolute atomic E-state index is 0.0385. The number of carbonyl (C=O) groups excluding carboxylic acids is 1. The zero-order valence-corrected chi connectivity index (χ0v) is 14.2. The van der Waals surface area contributed by atoms with E-state index in [9.17, 15) is 18.0 Å². The lowest BCUT2D eigenvalue weighted by molar-refractivity contribution is -0.122. The largest absolute Gasteiger partial charge is 0.465 e. The van der Waals surface area contributed by atoms with Gasteiger partial charge in [0.1, 0.15) is 10.3 Å². The number of sulfonamides is 1. The molecule has 2 fully saturated rings. The van der Waals surface area contributed by atoms with Gasteiger partial charge >= 0.3 is 6.09 Å². The van der Waals surface area contributed by atoms with E-state index in [1.165, 1.54) is 13.2 Å². The van der Waals surface area contributed by atoms with Crippen LogP contribution in [-0.4, -0.2) is 62.7 Å². The Kier molecular flexibility index (Phi) is 5.21. The smallest absolute Gasteiger partial charge is 0.405 e. The van der Waals surface area contributed by atoms with Crippen LogP contribution in [0.4, 0.5) is 4.79 Å². The molecule has 0 aromatic carbocycles. The van der Waals surface area contributed by atoms with Gasteiger partial charge in [0.25, 0.3) is 5.91 Å². The molecule has 2 amide bonds. The van der Waals surface area contributed by atoms with E-state index >= 15 is 0 Å². The Morgan fingerprint density at radius 1 is 1.38 bits per heavy atom. The molecule has 9 nitrogen and oxygen atoms in total. The van der Waals surface area contributed by atoms with Crippen molar-refractivity contribution in [2.45, 2.75) is 29.5 Å². The van der Waals surface area contributed by atoms with Gasteiger partial charge in [-0.15, -0.1) is 6.58 Å². The van der Waals surface area contributed by atoms with E-state index in [4.69, 9.17) is 14.6 Å². The molecule has 0 bridgehead atoms. The van der Waals surface area contributed by atoms with E-state index in [2.05, 4.69) is 11.9 Å². The third kappa shape index (κ3) is 3.55. The molecule has 3 N–H and O–H groups in total. The minimum atomic E-state index is -3.98. The van der Waals surface area contributed by atoms with Crippen LogP contribution in [-0.2, 0) is 24.3 Å². The van der Waals surface area contributed by atoms with Crippen molar-refractivity contribution >= 4 is 22.0 Å². The summed E-state index contributed by atoms with van der Waals surface area (Å²) in [5.74, 6) is -1.31. The summed E-state index contributed by atoms with van der Waals surface area (Å²) < 4.78 is 36.0. The topological polar surface area (TPSA) is 131 Å². The number of hydrogen-bond donors (Lipinski definition) is 3. The highest BCUT2D eigenvalue weighted by Crippen LogP contribution is 2.47. The maximum absolute atomic E-state index is 12.5. The van der Waals surface area contributed by atoms with Gasteiger partial charge < -0.3 is 19.9 Å². The van der Waals surface area contributed by atoms with Crippen LogP contribution in [0.3, 0.4) is 0 Å². The Hall–Kier alpha value is -1.65. The first-order chi connectivity index (χ1) is 11.2. The number of hydrogen-bond acceptors (Lipinski definition) is 6. The maximum atomic E-state index is 12.5. The Labute approximate surface area is 140 Å². The summed E-state index contributed by atoms with van der Waals surface area (Å²) in [6, 6.07) is 0. The number of carbonyl (C=O) groups is 2. The van der Waals surface area contributed by atoms with Crippen molar-refractivity contribution in [2.24, 2.45) is 5.92 Å². The second-order valence-electron chi connectivity index (χ2n) is 6.11. The summed E-state index contributed by atoms with van der Waals surface area (Å²) >= 11 is 0. The van der Waals surface area contributed by atoms with Crippen LogP contribution in [0.25, 0.3) is 0 Å². The molecule has 0 aliphatic heterocycles. The van der Waals surface area contributed by atoms with Crippen LogP contribution < -0.4 is 10.0 Å². The van der Waals surface area contributed by atoms with Gasteiger partial charge in [-0.3, -0.25) is 9.52 Å². The summed E-state index contributed by atoms with van der Waals surface area (Å²) in [5.41, 5.74) is -1.46. The fraction of sp³-hybridized carbons (Fsp3) is 0.714. The van der Waals surface area contributed by atoms with Gasteiger partial charge in [-0.25, -0.2) is 13.2 Å². The number of nitrogens with one attached hydrogen (secondary N) is 2. The van der Waals surface area contributed by atoms with E-state index in [-0.39, 0.29) is 19.6 Å². The second kappa shape index (κ2) is 6.69. The Morgan fingerprint density at radius 3 is 2.50 bits per heavy atom. The van der Waals surface area contributed by atoms with Gasteiger partial charge in [0.05, 0.1) is 19.8 Å². The lowest BCUT2D eigenvalue weighted by Crippen LogP contribution is -2.54. The fourth-order valence-corrected chi connectivity index (χ4v) is 4.10. The number of methoxy groups -OCH3 is 1. The predicted octanol–water partition coefficient (Wildman–Crippen LogP) is -0.160. The van der Waals surface area contributed by atoms with Crippen molar-refractivity contribution in [3.8, 4) is 0 Å². The van der Waals surface area contributed by atoms with Crippen molar-refractivity contribution < 1.29 is 32.6 Å². The molecule has 2 atom stereocenters. The SMILES string of the molecule is C=C[C@@H]1C[C@]1(NC(=O)O)C(=O)NS(=O)(=O)C1(COCCOC)CC1. The van der Waals surface area contributed by atoms with E-state index in [1.54, 1.807) is 0 Å². The van der Waals surface area contributed by atoms with Crippen molar-refractivity contribution in [3.05, 3.63) is 12.7 Å². The van der Waals surface area contributed by atoms with Crippen LogP contribution in [0.5, 0.6) is 0 Å². The molecule has 0 unspecified atom stereocenters. The highest BCUT2D eigenvalue weighted by Gasteiger charge is 2.63. The number of carboxylic acid groups (broad SMARTS) is 1. The molecule has 0 aromatic heterocycles. The summed E-state index contributed by atoms with van der Waals surface area (Å²) in [4.78, 5) is 23.3. The maximum Gasteiger partial charge on any atom is 0.405 e. The fourth-order valence-electron chi connectivity index (χ4n) is 2.58. The van der Waals surface area contributed by atoms with Crippen molar-refractivity contribution in [1.29, 1.82) is 0 Å². The molecule has 24 heavy (non-hydrogen) atoms. The molecule has 136 valence electrons. The molecule has 0 heterocycles. The molecule has 0 aromatic rings. The third-order valence-electron chi connectivity index (χ3n) is 4.44. The van der Waals surface area contributed by atoms with Crippen LogP contribution in [0.1, 0.15) is 19.3 Å². The van der Waals surface area contributed by atoms with Crippen LogP contribution in [0.2, 0.25) is 0 Å². The molecule has 0 radical (unpaired) electrons. The van der Waals surface area contributed by atoms with Gasteiger partial charge in [0, 0.05) is 13.0 Å². The van der Waals surface area contributed by atoms with Crippen LogP contribution in [0.15, 0.2) is 12.7 Å². The lowest BCUT2D eigenvalue weighted by atomic mass is 10.2. The standard InChI is InChI=1S/C14H22N2O7S/c1-3-10-8-14(10,15-12(18)19)11(17)16-24(20,21)13(4-5-13)9-23-7-6-22-2/h3,10,15H,1,4-9H2,2H3,(H,16,17)(H,18,19)/t10-,14-/m1/s1. The van der Waals surface area contributed by atoms with Crippen LogP contribution in [0, 0.1) is 5.92 Å². The summed E-state index contributed by atoms with van der Waals surface area (Å²) in [7, 11) is -2.47. The summed E-state index contributed by atoms with van der Waals surface area (Å²) in [5, 5.41) is 11.0. The zero-order chi connectivity index (χ0) is 18.0. The van der Waals surface area contributed by atoms with Gasteiger partial charge in [-0.2, -0.15) is 0 Å². The number of ether oxygens (including phenoxy) is 2. The quantitative estimate of drug-likeness (QED) is 0.363. The predicted molar refractivity (Wildman–Crippen MR) is 83.9 cm³/mol. The minimum Gasteiger partial charge on any atom is -0.465 e. The van der Waals surface area contributed by atoms with E-state index < -0.39 is 38.2 Å².